The Labute approximate surface area is 155 Å². The Morgan fingerprint density at radius 1 is 0.962 bits per heavy atom. The molecule has 0 fully saturated rings. The molecule has 0 spiro atoms. The van der Waals surface area contributed by atoms with E-state index in [9.17, 15) is 0 Å². The van der Waals surface area contributed by atoms with Gasteiger partial charge in [0.2, 0.25) is 0 Å². The van der Waals surface area contributed by atoms with Gasteiger partial charge < -0.3 is 4.42 Å². The normalized spacial score (nSPS) is 13.8. The first-order chi connectivity index (χ1) is 13.9. The van der Waals surface area contributed by atoms with Crippen LogP contribution in [0.25, 0.3) is 44.1 Å². The Balaban J connectivity index is 2.01. The van der Waals surface area contributed by atoms with Crippen LogP contribution in [0.5, 0.6) is 0 Å². The smallest absolute Gasteiger partial charge is 0.334 e. The Hall–Kier alpha value is -3.20. The number of aromatic nitrogens is 2. The summed E-state index contributed by atoms with van der Waals surface area (Å²) in [5.41, 5.74) is 3.44. The summed E-state index contributed by atoms with van der Waals surface area (Å²) in [4.78, 5) is 4.54. The van der Waals surface area contributed by atoms with Crippen LogP contribution < -0.4 is 4.57 Å². The van der Waals surface area contributed by atoms with Crippen LogP contribution in [0.2, 0.25) is 0 Å². The molecule has 0 N–H and O–H groups in total. The summed E-state index contributed by atoms with van der Waals surface area (Å²) >= 11 is 0. The van der Waals surface area contributed by atoms with Crippen molar-refractivity contribution in [2.75, 3.05) is 0 Å². The first-order valence-corrected chi connectivity index (χ1v) is 8.56. The maximum atomic E-state index is 7.78. The van der Waals surface area contributed by atoms with E-state index in [-0.39, 0.29) is 5.69 Å². The molecule has 0 bridgehead atoms. The molecule has 0 atom stereocenters. The Kier molecular flexibility index (Phi) is 2.53. The number of hydrogen-bond donors (Lipinski definition) is 0. The zero-order chi connectivity index (χ0) is 20.3. The molecular formula is C23H19N2O+. The van der Waals surface area contributed by atoms with Crippen molar-refractivity contribution in [3.05, 3.63) is 72.1 Å². The molecule has 0 saturated heterocycles. The molecule has 126 valence electrons. The van der Waals surface area contributed by atoms with Crippen LogP contribution in [0.3, 0.4) is 0 Å². The predicted octanol–water partition coefficient (Wildman–Crippen LogP) is 5.24. The summed E-state index contributed by atoms with van der Waals surface area (Å²) in [5, 5.41) is 4.28. The highest BCUT2D eigenvalue weighted by molar-refractivity contribution is 6.23. The van der Waals surface area contributed by atoms with Crippen molar-refractivity contribution in [3.63, 3.8) is 0 Å². The van der Waals surface area contributed by atoms with Gasteiger partial charge in [-0.25, -0.2) is 4.57 Å². The van der Waals surface area contributed by atoms with Crippen molar-refractivity contribution < 1.29 is 13.1 Å². The second kappa shape index (κ2) is 5.40. The first-order valence-electron chi connectivity index (χ1n) is 10.1. The van der Waals surface area contributed by atoms with Gasteiger partial charge in [0.1, 0.15) is 11.1 Å². The molecule has 0 aliphatic carbocycles. The number of fused-ring (bicyclic) bond motifs is 5. The third-order valence-electron chi connectivity index (χ3n) is 5.04. The van der Waals surface area contributed by atoms with Crippen LogP contribution in [0.1, 0.15) is 15.4 Å². The van der Waals surface area contributed by atoms with Gasteiger partial charge in [-0.15, -0.1) is 0 Å². The lowest BCUT2D eigenvalue weighted by Gasteiger charge is -2.09. The van der Waals surface area contributed by atoms with E-state index in [1.54, 1.807) is 12.3 Å². The quantitative estimate of drug-likeness (QED) is 0.390. The van der Waals surface area contributed by atoms with E-state index in [0.717, 1.165) is 43.8 Å². The zero-order valence-corrected chi connectivity index (χ0v) is 14.6. The van der Waals surface area contributed by atoms with Gasteiger partial charge >= 0.3 is 5.82 Å². The molecule has 5 rings (SSSR count). The Bertz CT molecular complexity index is 1420. The standard InChI is InChI=1S/C23H19N2O/c1-14-12-13-25(3)23(24-14)20-15(2)16-8-4-5-9-17(16)21-18-10-6-7-11-19(18)26-22(20)21/h4-13H,1-3H3/q+1/i1D3. The minimum absolute atomic E-state index is 0.0717. The molecule has 0 radical (unpaired) electrons. The fourth-order valence-corrected chi connectivity index (χ4v) is 3.81. The summed E-state index contributed by atoms with van der Waals surface area (Å²) in [6.07, 6.45) is 1.74. The highest BCUT2D eigenvalue weighted by atomic mass is 16.3. The molecule has 3 heteroatoms. The lowest BCUT2D eigenvalue weighted by Crippen LogP contribution is -2.32. The second-order valence-corrected chi connectivity index (χ2v) is 6.60. The summed E-state index contributed by atoms with van der Waals surface area (Å²) < 4.78 is 31.5. The van der Waals surface area contributed by atoms with E-state index in [2.05, 4.69) is 23.2 Å². The fraction of sp³-hybridized carbons (Fsp3) is 0.130. The van der Waals surface area contributed by atoms with Crippen LogP contribution in [-0.2, 0) is 7.05 Å². The number of para-hydroxylation sites is 1. The number of furan rings is 1. The minimum Gasteiger partial charge on any atom is -0.455 e. The Morgan fingerprint density at radius 3 is 2.50 bits per heavy atom. The fourth-order valence-electron chi connectivity index (χ4n) is 3.81. The summed E-state index contributed by atoms with van der Waals surface area (Å²) in [6.45, 7) is -0.241. The topological polar surface area (TPSA) is 29.9 Å². The molecule has 0 saturated carbocycles. The molecule has 26 heavy (non-hydrogen) atoms. The maximum Gasteiger partial charge on any atom is 0.334 e. The van der Waals surface area contributed by atoms with Crippen LogP contribution in [0.4, 0.5) is 0 Å². The van der Waals surface area contributed by atoms with Crippen molar-refractivity contribution in [2.45, 2.75) is 13.8 Å². The molecule has 2 heterocycles. The van der Waals surface area contributed by atoms with Crippen LogP contribution in [-0.4, -0.2) is 4.98 Å². The molecule has 0 amide bonds. The van der Waals surface area contributed by atoms with Crippen molar-refractivity contribution >= 4 is 32.7 Å². The van der Waals surface area contributed by atoms with Gasteiger partial charge in [-0.3, -0.25) is 0 Å². The molecular weight excluding hydrogens is 320 g/mol. The maximum absolute atomic E-state index is 7.78. The van der Waals surface area contributed by atoms with Crippen molar-refractivity contribution in [2.24, 2.45) is 7.05 Å². The van der Waals surface area contributed by atoms with Gasteiger partial charge in [-0.2, -0.15) is 0 Å². The number of rotatable bonds is 1. The van der Waals surface area contributed by atoms with Crippen LogP contribution >= 0.6 is 0 Å². The molecule has 3 nitrogen and oxygen atoms in total. The molecule has 3 aromatic carbocycles. The summed E-state index contributed by atoms with van der Waals surface area (Å²) in [5.74, 6) is 0.575. The molecule has 0 unspecified atom stereocenters. The van der Waals surface area contributed by atoms with Gasteiger partial charge in [-0.05, 0) is 34.3 Å². The van der Waals surface area contributed by atoms with Crippen molar-refractivity contribution in [1.82, 2.24) is 4.98 Å². The van der Waals surface area contributed by atoms with Gasteiger partial charge in [0.05, 0.1) is 13.2 Å². The zero-order valence-electron chi connectivity index (χ0n) is 17.6. The monoisotopic (exact) mass is 342 g/mol. The number of nitrogens with zero attached hydrogens (tertiary/aromatic N) is 2. The SMILES string of the molecule is [2H]C([2H])([2H])c1cc[n+](C)c(-c2c(C)c3ccccc3c3c2oc2ccccc23)n1. The van der Waals surface area contributed by atoms with Crippen LogP contribution in [0, 0.1) is 13.8 Å². The largest absolute Gasteiger partial charge is 0.455 e. The van der Waals surface area contributed by atoms with E-state index in [1.165, 1.54) is 0 Å². The van der Waals surface area contributed by atoms with Crippen LogP contribution in [0.15, 0.2) is 65.2 Å². The number of benzene rings is 3. The van der Waals surface area contributed by atoms with E-state index in [1.807, 2.05) is 48.9 Å². The van der Waals surface area contributed by atoms with Crippen molar-refractivity contribution in [1.29, 1.82) is 0 Å². The predicted molar refractivity (Wildman–Crippen MR) is 105 cm³/mol. The van der Waals surface area contributed by atoms with E-state index >= 15 is 0 Å². The molecule has 0 aliphatic rings. The highest BCUT2D eigenvalue weighted by Crippen LogP contribution is 2.42. The van der Waals surface area contributed by atoms with E-state index in [4.69, 9.17) is 8.53 Å². The number of aryl methyl sites for hydroxylation is 3. The van der Waals surface area contributed by atoms with Gasteiger partial charge in [0, 0.05) is 27.8 Å². The van der Waals surface area contributed by atoms with Gasteiger partial charge in [0.25, 0.3) is 0 Å². The van der Waals surface area contributed by atoms with Gasteiger partial charge in [0.15, 0.2) is 11.3 Å². The highest BCUT2D eigenvalue weighted by Gasteiger charge is 2.25. The summed E-state index contributed by atoms with van der Waals surface area (Å²) in [7, 11) is 1.87. The van der Waals surface area contributed by atoms with Gasteiger partial charge in [-0.1, -0.05) is 42.5 Å². The van der Waals surface area contributed by atoms with Crippen molar-refractivity contribution in [3.8, 4) is 11.4 Å². The minimum atomic E-state index is -2.28. The average molecular weight is 342 g/mol. The second-order valence-electron chi connectivity index (χ2n) is 6.60. The third kappa shape index (κ3) is 2.00. The lowest BCUT2D eigenvalue weighted by atomic mass is 9.94. The summed E-state index contributed by atoms with van der Waals surface area (Å²) in [6, 6.07) is 17.7. The van der Waals surface area contributed by atoms with E-state index in [0.29, 0.717) is 5.82 Å². The lowest BCUT2D eigenvalue weighted by molar-refractivity contribution is -0.663. The average Bonchev–Trinajstić information content (AvgIpc) is 3.08. The Morgan fingerprint density at radius 2 is 1.69 bits per heavy atom. The number of hydrogen-bond acceptors (Lipinski definition) is 2. The third-order valence-corrected chi connectivity index (χ3v) is 5.04. The van der Waals surface area contributed by atoms with E-state index < -0.39 is 6.85 Å². The molecule has 0 aliphatic heterocycles. The first kappa shape index (κ1) is 12.2. The molecule has 5 aromatic rings. The molecule has 2 aromatic heterocycles.